The molecular weight excluding hydrogens is 260 g/mol. The van der Waals surface area contributed by atoms with Gasteiger partial charge in [-0.15, -0.1) is 0 Å². The molecule has 1 aromatic rings. The number of benzene rings is 1. The van der Waals surface area contributed by atoms with Crippen molar-refractivity contribution in [1.82, 2.24) is 0 Å². The fraction of sp³-hybridized carbons (Fsp3) is 0.667. The molecule has 0 aliphatic carbocycles. The summed E-state index contributed by atoms with van der Waals surface area (Å²) < 4.78 is 5.77. The van der Waals surface area contributed by atoms with Crippen molar-refractivity contribution < 1.29 is 4.74 Å². The summed E-state index contributed by atoms with van der Waals surface area (Å²) in [5.74, 6) is 1.01. The Morgan fingerprint density at radius 1 is 1.10 bits per heavy atom. The number of nitrogens with two attached hydrogens (primary N) is 1. The Morgan fingerprint density at radius 3 is 2.62 bits per heavy atom. The lowest BCUT2D eigenvalue weighted by Gasteiger charge is -2.31. The van der Waals surface area contributed by atoms with Crippen LogP contribution in [-0.4, -0.2) is 19.7 Å². The van der Waals surface area contributed by atoms with E-state index in [1.165, 1.54) is 50.6 Å². The van der Waals surface area contributed by atoms with Crippen molar-refractivity contribution in [2.24, 2.45) is 5.73 Å². The summed E-state index contributed by atoms with van der Waals surface area (Å²) in [5.41, 5.74) is 8.08. The molecule has 0 unspecified atom stereocenters. The molecule has 3 heteroatoms. The van der Waals surface area contributed by atoms with Crippen LogP contribution in [0.4, 0.5) is 5.69 Å². The largest absolute Gasteiger partial charge is 0.490 e. The van der Waals surface area contributed by atoms with Crippen LogP contribution in [0.25, 0.3) is 0 Å². The second-order valence-electron chi connectivity index (χ2n) is 5.96. The first-order valence-corrected chi connectivity index (χ1v) is 8.56. The summed E-state index contributed by atoms with van der Waals surface area (Å²) in [4.78, 5) is 2.46. The highest BCUT2D eigenvalue weighted by molar-refractivity contribution is 5.61. The zero-order chi connectivity index (χ0) is 14.9. The normalized spacial score (nSPS) is 13.9. The summed E-state index contributed by atoms with van der Waals surface area (Å²) in [6.45, 7) is 5.79. The van der Waals surface area contributed by atoms with Gasteiger partial charge in [-0.25, -0.2) is 0 Å². The molecule has 0 fully saturated rings. The number of hydrogen-bond acceptors (Lipinski definition) is 3. The van der Waals surface area contributed by atoms with E-state index >= 15 is 0 Å². The SMILES string of the molecule is CCCCCCCCCN1CCOc2cc(CN)ccc21. The van der Waals surface area contributed by atoms with E-state index in [1.807, 2.05) is 0 Å². The molecule has 0 aromatic heterocycles. The molecule has 0 atom stereocenters. The Hall–Kier alpha value is -1.22. The van der Waals surface area contributed by atoms with Crippen LogP contribution >= 0.6 is 0 Å². The Labute approximate surface area is 129 Å². The lowest BCUT2D eigenvalue weighted by molar-refractivity contribution is 0.306. The predicted molar refractivity (Wildman–Crippen MR) is 90.0 cm³/mol. The molecule has 1 aromatic carbocycles. The van der Waals surface area contributed by atoms with Gasteiger partial charge in [0, 0.05) is 13.1 Å². The summed E-state index contributed by atoms with van der Waals surface area (Å²) in [6.07, 6.45) is 9.52. The summed E-state index contributed by atoms with van der Waals surface area (Å²) in [7, 11) is 0. The van der Waals surface area contributed by atoms with E-state index < -0.39 is 0 Å². The summed E-state index contributed by atoms with van der Waals surface area (Å²) >= 11 is 0. The first-order valence-electron chi connectivity index (χ1n) is 8.56. The van der Waals surface area contributed by atoms with Gasteiger partial charge in [-0.3, -0.25) is 0 Å². The molecular formula is C18H30N2O. The van der Waals surface area contributed by atoms with Crippen molar-refractivity contribution >= 4 is 5.69 Å². The van der Waals surface area contributed by atoms with Gasteiger partial charge in [-0.2, -0.15) is 0 Å². The Morgan fingerprint density at radius 2 is 1.86 bits per heavy atom. The van der Waals surface area contributed by atoms with Gasteiger partial charge in [0.05, 0.1) is 12.2 Å². The molecule has 0 spiro atoms. The zero-order valence-corrected chi connectivity index (χ0v) is 13.4. The van der Waals surface area contributed by atoms with Gasteiger partial charge < -0.3 is 15.4 Å². The van der Waals surface area contributed by atoms with Crippen LogP contribution in [0.3, 0.4) is 0 Å². The Bertz CT molecular complexity index is 420. The van der Waals surface area contributed by atoms with E-state index in [0.29, 0.717) is 6.54 Å². The van der Waals surface area contributed by atoms with E-state index in [-0.39, 0.29) is 0 Å². The summed E-state index contributed by atoms with van der Waals surface area (Å²) in [6, 6.07) is 6.37. The van der Waals surface area contributed by atoms with E-state index in [0.717, 1.165) is 31.0 Å². The Balaban J connectivity index is 1.75. The first-order chi connectivity index (χ1) is 10.3. The van der Waals surface area contributed by atoms with Crippen LogP contribution in [0.1, 0.15) is 57.4 Å². The zero-order valence-electron chi connectivity index (χ0n) is 13.4. The minimum atomic E-state index is 0.578. The second-order valence-corrected chi connectivity index (χ2v) is 5.96. The molecule has 0 saturated heterocycles. The van der Waals surface area contributed by atoms with Gasteiger partial charge in [0.15, 0.2) is 0 Å². The molecule has 0 bridgehead atoms. The van der Waals surface area contributed by atoms with Crippen molar-refractivity contribution in [3.8, 4) is 5.75 Å². The molecule has 2 rings (SSSR count). The molecule has 118 valence electrons. The molecule has 2 N–H and O–H groups in total. The van der Waals surface area contributed by atoms with Gasteiger partial charge in [-0.1, -0.05) is 51.5 Å². The molecule has 0 radical (unpaired) electrons. The number of nitrogens with zero attached hydrogens (tertiary/aromatic N) is 1. The van der Waals surface area contributed by atoms with E-state index in [4.69, 9.17) is 10.5 Å². The smallest absolute Gasteiger partial charge is 0.143 e. The van der Waals surface area contributed by atoms with Crippen LogP contribution in [0.2, 0.25) is 0 Å². The molecule has 3 nitrogen and oxygen atoms in total. The van der Waals surface area contributed by atoms with E-state index in [9.17, 15) is 0 Å². The van der Waals surface area contributed by atoms with Crippen LogP contribution in [0.5, 0.6) is 5.75 Å². The van der Waals surface area contributed by atoms with Gasteiger partial charge >= 0.3 is 0 Å². The number of unbranched alkanes of at least 4 members (excludes halogenated alkanes) is 6. The maximum atomic E-state index is 5.77. The Kier molecular flexibility index (Phi) is 6.87. The van der Waals surface area contributed by atoms with Crippen LogP contribution in [0, 0.1) is 0 Å². The van der Waals surface area contributed by atoms with Crippen molar-refractivity contribution in [2.75, 3.05) is 24.6 Å². The van der Waals surface area contributed by atoms with Gasteiger partial charge in [0.2, 0.25) is 0 Å². The lowest BCUT2D eigenvalue weighted by Crippen LogP contribution is -2.33. The van der Waals surface area contributed by atoms with E-state index in [2.05, 4.69) is 30.0 Å². The fourth-order valence-corrected chi connectivity index (χ4v) is 2.94. The molecule has 0 saturated carbocycles. The molecule has 21 heavy (non-hydrogen) atoms. The summed E-state index contributed by atoms with van der Waals surface area (Å²) in [5, 5.41) is 0. The van der Waals surface area contributed by atoms with Gasteiger partial charge in [-0.05, 0) is 24.1 Å². The standard InChI is InChI=1S/C18H30N2O/c1-2-3-4-5-6-7-8-11-20-12-13-21-18-14-16(15-19)9-10-17(18)20/h9-10,14H,2-8,11-13,15,19H2,1H3. The minimum Gasteiger partial charge on any atom is -0.490 e. The molecule has 1 aliphatic rings. The lowest BCUT2D eigenvalue weighted by atomic mass is 10.1. The van der Waals surface area contributed by atoms with Crippen molar-refractivity contribution in [1.29, 1.82) is 0 Å². The third kappa shape index (κ3) is 4.92. The van der Waals surface area contributed by atoms with Gasteiger partial charge in [0.25, 0.3) is 0 Å². The van der Waals surface area contributed by atoms with Crippen LogP contribution < -0.4 is 15.4 Å². The average molecular weight is 290 g/mol. The van der Waals surface area contributed by atoms with Crippen LogP contribution in [0.15, 0.2) is 18.2 Å². The topological polar surface area (TPSA) is 38.5 Å². The maximum Gasteiger partial charge on any atom is 0.143 e. The fourth-order valence-electron chi connectivity index (χ4n) is 2.94. The highest BCUT2D eigenvalue weighted by atomic mass is 16.5. The van der Waals surface area contributed by atoms with Crippen molar-refractivity contribution in [3.05, 3.63) is 23.8 Å². The molecule has 0 amide bonds. The monoisotopic (exact) mass is 290 g/mol. The predicted octanol–water partition coefficient (Wildman–Crippen LogP) is 4.09. The number of anilines is 1. The third-order valence-corrected chi connectivity index (χ3v) is 4.25. The number of rotatable bonds is 9. The van der Waals surface area contributed by atoms with E-state index in [1.54, 1.807) is 0 Å². The maximum absolute atomic E-state index is 5.77. The minimum absolute atomic E-state index is 0.578. The number of fused-ring (bicyclic) bond motifs is 1. The molecule has 1 aliphatic heterocycles. The number of ether oxygens (including phenoxy) is 1. The highest BCUT2D eigenvalue weighted by Gasteiger charge is 2.17. The third-order valence-electron chi connectivity index (χ3n) is 4.25. The number of hydrogen-bond donors (Lipinski definition) is 1. The first kappa shape index (κ1) is 16.2. The van der Waals surface area contributed by atoms with Gasteiger partial charge in [0.1, 0.15) is 12.4 Å². The molecule has 1 heterocycles. The average Bonchev–Trinajstić information content (AvgIpc) is 2.53. The quantitative estimate of drug-likeness (QED) is 0.696. The second kappa shape index (κ2) is 8.93. The highest BCUT2D eigenvalue weighted by Crippen LogP contribution is 2.32. The van der Waals surface area contributed by atoms with Crippen LogP contribution in [-0.2, 0) is 6.54 Å². The van der Waals surface area contributed by atoms with Crippen molar-refractivity contribution in [2.45, 2.75) is 58.4 Å². The van der Waals surface area contributed by atoms with Crippen molar-refractivity contribution in [3.63, 3.8) is 0 Å².